The first-order valence-electron chi connectivity index (χ1n) is 13.6. The van der Waals surface area contributed by atoms with Gasteiger partial charge in [-0.2, -0.15) is 0 Å². The van der Waals surface area contributed by atoms with E-state index in [9.17, 15) is 0 Å². The van der Waals surface area contributed by atoms with E-state index in [4.69, 9.17) is 38.2 Å². The van der Waals surface area contributed by atoms with E-state index in [1.165, 1.54) is 0 Å². The second-order valence-corrected chi connectivity index (χ2v) is 10.9. The van der Waals surface area contributed by atoms with Crippen LogP contribution in [0.2, 0.25) is 10.0 Å². The van der Waals surface area contributed by atoms with E-state index < -0.39 is 0 Å². The van der Waals surface area contributed by atoms with Crippen molar-refractivity contribution in [2.45, 2.75) is 0 Å². The normalized spacial score (nSPS) is 11.1. The minimum Gasteiger partial charge on any atom is -0.208 e. The number of rotatable bonds is 5. The number of halogens is 2. The molecule has 7 aromatic rings. The first kappa shape index (κ1) is 26.1. The summed E-state index contributed by atoms with van der Waals surface area (Å²) in [6.07, 6.45) is 0. The van der Waals surface area contributed by atoms with Gasteiger partial charge in [0.05, 0.1) is 0 Å². The molecule has 0 radical (unpaired) electrons. The molecule has 0 N–H and O–H groups in total. The van der Waals surface area contributed by atoms with Crippen molar-refractivity contribution in [1.29, 1.82) is 0 Å². The summed E-state index contributed by atoms with van der Waals surface area (Å²) in [6, 6.07) is 46.8. The smallest absolute Gasteiger partial charge is 0.164 e. The second kappa shape index (κ2) is 11.2. The molecule has 1 heterocycles. The lowest BCUT2D eigenvalue weighted by Crippen LogP contribution is -2.00. The Balaban J connectivity index is 1.31. The van der Waals surface area contributed by atoms with Crippen LogP contribution in [0.3, 0.4) is 0 Å². The van der Waals surface area contributed by atoms with Crippen LogP contribution in [0.15, 0.2) is 140 Å². The zero-order chi connectivity index (χ0) is 28.5. The fraction of sp³-hybridized carbons (Fsp3) is 0. The van der Waals surface area contributed by atoms with Gasteiger partial charge in [-0.05, 0) is 51.2 Å². The molecule has 3 nitrogen and oxygen atoms in total. The zero-order valence-electron chi connectivity index (χ0n) is 22.4. The summed E-state index contributed by atoms with van der Waals surface area (Å²) in [7, 11) is 0. The Bertz CT molecular complexity index is 1960. The number of nitrogens with zero attached hydrogens (tertiary/aromatic N) is 3. The van der Waals surface area contributed by atoms with Gasteiger partial charge in [0.25, 0.3) is 0 Å². The first-order valence-corrected chi connectivity index (χ1v) is 14.3. The molecule has 1 aromatic heterocycles. The Kier molecular flexibility index (Phi) is 6.97. The van der Waals surface area contributed by atoms with Crippen LogP contribution >= 0.6 is 23.2 Å². The third-order valence-corrected chi connectivity index (χ3v) is 7.69. The van der Waals surface area contributed by atoms with Crippen LogP contribution in [0.1, 0.15) is 0 Å². The van der Waals surface area contributed by atoms with E-state index in [1.807, 2.05) is 72.8 Å². The largest absolute Gasteiger partial charge is 0.208 e. The molecule has 200 valence electrons. The molecule has 0 aliphatic carbocycles. The van der Waals surface area contributed by atoms with Gasteiger partial charge in [0.2, 0.25) is 0 Å². The third kappa shape index (κ3) is 5.16. The maximum atomic E-state index is 6.33. The topological polar surface area (TPSA) is 38.7 Å². The SMILES string of the molecule is Clc1cc(Cl)cc(-c2ccc(-c3ccc(-c4nc(-c5ccccc5)nc(-c5ccccc5)n4)cc3)c3ccccc23)c1. The van der Waals surface area contributed by atoms with E-state index in [2.05, 4.69) is 60.7 Å². The Morgan fingerprint density at radius 3 is 1.19 bits per heavy atom. The quantitative estimate of drug-likeness (QED) is 0.203. The van der Waals surface area contributed by atoms with Crippen molar-refractivity contribution in [3.05, 3.63) is 150 Å². The lowest BCUT2D eigenvalue weighted by molar-refractivity contribution is 1.07. The lowest BCUT2D eigenvalue weighted by Gasteiger charge is -2.13. The van der Waals surface area contributed by atoms with Gasteiger partial charge in [-0.15, -0.1) is 0 Å². The average Bonchev–Trinajstić information content (AvgIpc) is 3.04. The van der Waals surface area contributed by atoms with Gasteiger partial charge in [-0.3, -0.25) is 0 Å². The minimum absolute atomic E-state index is 0.616. The van der Waals surface area contributed by atoms with Crippen molar-refractivity contribution in [2.75, 3.05) is 0 Å². The average molecular weight is 581 g/mol. The van der Waals surface area contributed by atoms with Crippen LogP contribution in [0.4, 0.5) is 0 Å². The molecular formula is C37H23Cl2N3. The monoisotopic (exact) mass is 579 g/mol. The van der Waals surface area contributed by atoms with Crippen molar-refractivity contribution < 1.29 is 0 Å². The van der Waals surface area contributed by atoms with Crippen molar-refractivity contribution in [2.24, 2.45) is 0 Å². The molecule has 0 unspecified atom stereocenters. The molecule has 5 heteroatoms. The van der Waals surface area contributed by atoms with Crippen LogP contribution in [0.25, 0.3) is 67.2 Å². The fourth-order valence-electron chi connectivity index (χ4n) is 5.25. The highest BCUT2D eigenvalue weighted by molar-refractivity contribution is 6.35. The number of hydrogen-bond acceptors (Lipinski definition) is 3. The predicted octanol–water partition coefficient (Wildman–Crippen LogP) is 10.7. The van der Waals surface area contributed by atoms with E-state index in [0.717, 1.165) is 49.7 Å². The van der Waals surface area contributed by atoms with E-state index in [-0.39, 0.29) is 0 Å². The summed E-state index contributed by atoms with van der Waals surface area (Å²) < 4.78 is 0. The number of fused-ring (bicyclic) bond motifs is 1. The van der Waals surface area contributed by atoms with Gasteiger partial charge >= 0.3 is 0 Å². The standard InChI is InChI=1S/C37H23Cl2N3/c38-29-21-28(22-30(39)23-29)32-20-19-31(33-13-7-8-14-34(32)33)24-15-17-27(18-16-24)37-41-35(25-9-3-1-4-10-25)40-36(42-37)26-11-5-2-6-12-26/h1-23H. The van der Waals surface area contributed by atoms with Crippen LogP contribution in [-0.4, -0.2) is 15.0 Å². The summed E-state index contributed by atoms with van der Waals surface area (Å²) in [5, 5.41) is 3.52. The molecule has 0 atom stereocenters. The van der Waals surface area contributed by atoms with Crippen LogP contribution in [0.5, 0.6) is 0 Å². The number of hydrogen-bond donors (Lipinski definition) is 0. The molecule has 0 fully saturated rings. The van der Waals surface area contributed by atoms with Gasteiger partial charge in [0.15, 0.2) is 17.5 Å². The number of aromatic nitrogens is 3. The fourth-order valence-corrected chi connectivity index (χ4v) is 5.77. The lowest BCUT2D eigenvalue weighted by atomic mass is 9.92. The molecule has 0 aliphatic rings. The van der Waals surface area contributed by atoms with Crippen LogP contribution < -0.4 is 0 Å². The molecular weight excluding hydrogens is 557 g/mol. The summed E-state index contributed by atoms with van der Waals surface area (Å²) in [5.41, 5.74) is 7.13. The van der Waals surface area contributed by atoms with E-state index >= 15 is 0 Å². The Morgan fingerprint density at radius 2 is 0.714 bits per heavy atom. The van der Waals surface area contributed by atoms with Crippen molar-refractivity contribution in [3.63, 3.8) is 0 Å². The highest BCUT2D eigenvalue weighted by Crippen LogP contribution is 2.38. The first-order chi connectivity index (χ1) is 20.6. The molecule has 0 bridgehead atoms. The maximum Gasteiger partial charge on any atom is 0.164 e. The molecule has 6 aromatic carbocycles. The molecule has 0 spiro atoms. The van der Waals surface area contributed by atoms with E-state index in [0.29, 0.717) is 27.5 Å². The highest BCUT2D eigenvalue weighted by Gasteiger charge is 2.14. The van der Waals surface area contributed by atoms with Gasteiger partial charge in [-0.25, -0.2) is 15.0 Å². The molecule has 42 heavy (non-hydrogen) atoms. The predicted molar refractivity (Wildman–Crippen MR) is 175 cm³/mol. The van der Waals surface area contributed by atoms with Crippen molar-refractivity contribution >= 4 is 34.0 Å². The summed E-state index contributed by atoms with van der Waals surface area (Å²) in [5.74, 6) is 1.92. The molecule has 0 saturated carbocycles. The van der Waals surface area contributed by atoms with Crippen LogP contribution in [-0.2, 0) is 0 Å². The Labute approximate surface area is 254 Å². The van der Waals surface area contributed by atoms with Gasteiger partial charge < -0.3 is 0 Å². The number of benzene rings is 6. The zero-order valence-corrected chi connectivity index (χ0v) is 23.9. The van der Waals surface area contributed by atoms with Gasteiger partial charge in [-0.1, -0.05) is 145 Å². The van der Waals surface area contributed by atoms with Gasteiger partial charge in [0, 0.05) is 26.7 Å². The maximum absolute atomic E-state index is 6.33. The molecule has 0 saturated heterocycles. The Hall–Kier alpha value is -4.83. The highest BCUT2D eigenvalue weighted by atomic mass is 35.5. The van der Waals surface area contributed by atoms with Gasteiger partial charge in [0.1, 0.15) is 0 Å². The summed E-state index contributed by atoms with van der Waals surface area (Å²) in [4.78, 5) is 14.5. The summed E-state index contributed by atoms with van der Waals surface area (Å²) in [6.45, 7) is 0. The molecule has 0 aliphatic heterocycles. The molecule has 0 amide bonds. The van der Waals surface area contributed by atoms with Crippen molar-refractivity contribution in [3.8, 4) is 56.4 Å². The third-order valence-electron chi connectivity index (χ3n) is 7.25. The Morgan fingerprint density at radius 1 is 0.333 bits per heavy atom. The summed E-state index contributed by atoms with van der Waals surface area (Å²) >= 11 is 12.7. The van der Waals surface area contributed by atoms with E-state index in [1.54, 1.807) is 6.07 Å². The second-order valence-electron chi connectivity index (χ2n) is 9.98. The van der Waals surface area contributed by atoms with Crippen molar-refractivity contribution in [1.82, 2.24) is 15.0 Å². The van der Waals surface area contributed by atoms with Crippen LogP contribution in [0, 0.1) is 0 Å². The minimum atomic E-state index is 0.616. The molecule has 7 rings (SSSR count).